The van der Waals surface area contributed by atoms with Gasteiger partial charge in [-0.25, -0.2) is 19.7 Å². The topological polar surface area (TPSA) is 72.4 Å². The molecule has 4 rings (SSSR count). The highest BCUT2D eigenvalue weighted by molar-refractivity contribution is 6.30. The summed E-state index contributed by atoms with van der Waals surface area (Å²) in [6, 6.07) is 8.96. The lowest BCUT2D eigenvalue weighted by molar-refractivity contribution is -0.121. The highest BCUT2D eigenvalue weighted by Crippen LogP contribution is 2.42. The molecule has 0 aliphatic carbocycles. The molecular formula is C25H22ClN3O3. The number of halogens is 1. The Bertz CT molecular complexity index is 1330. The molecule has 32 heavy (non-hydrogen) atoms. The van der Waals surface area contributed by atoms with E-state index in [2.05, 4.69) is 21.8 Å². The maximum atomic E-state index is 13.0. The predicted molar refractivity (Wildman–Crippen MR) is 124 cm³/mol. The average Bonchev–Trinajstić information content (AvgIpc) is 2.90. The number of benzene rings is 1. The SMILES string of the molecule is CC(C)(C)OC(=O)N1C(=O)C(C)(C)c2ccc(C#Cc3nccc4cnc(Cl)cc34)cc21. The third-order valence-electron chi connectivity index (χ3n) is 5.17. The summed E-state index contributed by atoms with van der Waals surface area (Å²) in [5.41, 5.74) is 0.866. The first-order valence-corrected chi connectivity index (χ1v) is 10.5. The van der Waals surface area contributed by atoms with Crippen LogP contribution in [-0.2, 0) is 14.9 Å². The van der Waals surface area contributed by atoms with Gasteiger partial charge in [-0.2, -0.15) is 0 Å². The van der Waals surface area contributed by atoms with Gasteiger partial charge in [0, 0.05) is 28.7 Å². The van der Waals surface area contributed by atoms with Gasteiger partial charge in [0.05, 0.1) is 11.1 Å². The van der Waals surface area contributed by atoms with E-state index >= 15 is 0 Å². The van der Waals surface area contributed by atoms with E-state index in [-0.39, 0.29) is 5.91 Å². The molecule has 3 aromatic rings. The zero-order chi connectivity index (χ0) is 23.3. The van der Waals surface area contributed by atoms with Crippen LogP contribution in [0.3, 0.4) is 0 Å². The molecule has 2 aromatic heterocycles. The summed E-state index contributed by atoms with van der Waals surface area (Å²) in [5, 5.41) is 2.04. The second kappa shape index (κ2) is 7.61. The van der Waals surface area contributed by atoms with Crippen LogP contribution < -0.4 is 4.90 Å². The molecule has 2 amide bonds. The minimum atomic E-state index is -0.848. The smallest absolute Gasteiger partial charge is 0.421 e. The molecular weight excluding hydrogens is 426 g/mol. The molecule has 0 spiro atoms. The molecule has 1 aromatic carbocycles. The fourth-order valence-corrected chi connectivity index (χ4v) is 3.74. The third-order valence-corrected chi connectivity index (χ3v) is 5.37. The number of pyridine rings is 2. The van der Waals surface area contributed by atoms with Crippen molar-refractivity contribution in [3.05, 3.63) is 64.7 Å². The summed E-state index contributed by atoms with van der Waals surface area (Å²) in [6.07, 6.45) is 2.64. The lowest BCUT2D eigenvalue weighted by Crippen LogP contribution is -2.43. The maximum Gasteiger partial charge on any atom is 0.421 e. The van der Waals surface area contributed by atoms with Crippen LogP contribution in [0.5, 0.6) is 0 Å². The number of aromatic nitrogens is 2. The standard InChI is InChI=1S/C25H22ClN3O3/c1-24(2,3)32-23(31)29-20-12-15(6-8-18(20)25(4,5)22(29)30)7-9-19-17-13-21(26)28-14-16(17)10-11-27-19/h6,8,10-14H,1-5H3. The van der Waals surface area contributed by atoms with E-state index in [1.54, 1.807) is 59.1 Å². The van der Waals surface area contributed by atoms with Crippen molar-refractivity contribution < 1.29 is 14.3 Å². The number of fused-ring (bicyclic) bond motifs is 2. The van der Waals surface area contributed by atoms with Crippen molar-refractivity contribution in [2.24, 2.45) is 0 Å². The molecule has 6 nitrogen and oxygen atoms in total. The molecule has 162 valence electrons. The molecule has 7 heteroatoms. The van der Waals surface area contributed by atoms with Crippen LogP contribution >= 0.6 is 11.6 Å². The first-order valence-electron chi connectivity index (χ1n) is 10.1. The minimum absolute atomic E-state index is 0.329. The Morgan fingerprint density at radius 1 is 1.12 bits per heavy atom. The molecule has 0 N–H and O–H groups in total. The van der Waals surface area contributed by atoms with Gasteiger partial charge in [-0.15, -0.1) is 0 Å². The van der Waals surface area contributed by atoms with Gasteiger partial charge >= 0.3 is 6.09 Å². The molecule has 0 saturated carbocycles. The molecule has 0 atom stereocenters. The Balaban J connectivity index is 1.76. The Morgan fingerprint density at radius 3 is 2.59 bits per heavy atom. The molecule has 3 heterocycles. The van der Waals surface area contributed by atoms with E-state index in [0.717, 1.165) is 21.2 Å². The lowest BCUT2D eigenvalue weighted by atomic mass is 9.86. The van der Waals surface area contributed by atoms with Crippen LogP contribution in [0, 0.1) is 11.8 Å². The van der Waals surface area contributed by atoms with Crippen LogP contribution in [0.15, 0.2) is 42.7 Å². The summed E-state index contributed by atoms with van der Waals surface area (Å²) in [6.45, 7) is 8.87. The van der Waals surface area contributed by atoms with Gasteiger partial charge in [-0.1, -0.05) is 23.6 Å². The monoisotopic (exact) mass is 447 g/mol. The van der Waals surface area contributed by atoms with Crippen molar-refractivity contribution in [2.75, 3.05) is 4.90 Å². The highest BCUT2D eigenvalue weighted by Gasteiger charge is 2.48. The van der Waals surface area contributed by atoms with Crippen LogP contribution in [0.25, 0.3) is 10.8 Å². The van der Waals surface area contributed by atoms with E-state index in [9.17, 15) is 9.59 Å². The third kappa shape index (κ3) is 3.92. The van der Waals surface area contributed by atoms with Crippen LogP contribution in [-0.4, -0.2) is 27.6 Å². The summed E-state index contributed by atoms with van der Waals surface area (Å²) >= 11 is 6.04. The van der Waals surface area contributed by atoms with Gasteiger partial charge in [0.15, 0.2) is 0 Å². The Kier molecular flexibility index (Phi) is 5.18. The number of carbonyl (C=O) groups is 2. The second-order valence-corrected chi connectivity index (χ2v) is 9.50. The van der Waals surface area contributed by atoms with Gasteiger partial charge in [0.2, 0.25) is 5.91 Å². The highest BCUT2D eigenvalue weighted by atomic mass is 35.5. The molecule has 0 radical (unpaired) electrons. The van der Waals surface area contributed by atoms with Crippen molar-refractivity contribution >= 4 is 40.1 Å². The van der Waals surface area contributed by atoms with Gasteiger partial charge < -0.3 is 4.74 Å². The number of nitrogens with zero attached hydrogens (tertiary/aromatic N) is 3. The zero-order valence-corrected chi connectivity index (χ0v) is 19.2. The van der Waals surface area contributed by atoms with Crippen LogP contribution in [0.4, 0.5) is 10.5 Å². The molecule has 1 aliphatic heterocycles. The van der Waals surface area contributed by atoms with Crippen molar-refractivity contribution in [3.63, 3.8) is 0 Å². The van der Waals surface area contributed by atoms with Gasteiger partial charge in [-0.05, 0) is 70.4 Å². The number of anilines is 1. The number of imide groups is 1. The number of hydrogen-bond donors (Lipinski definition) is 0. The zero-order valence-electron chi connectivity index (χ0n) is 18.5. The number of rotatable bonds is 0. The predicted octanol–water partition coefficient (Wildman–Crippen LogP) is 5.24. The lowest BCUT2D eigenvalue weighted by Gasteiger charge is -2.24. The van der Waals surface area contributed by atoms with E-state index in [1.165, 1.54) is 0 Å². The van der Waals surface area contributed by atoms with Gasteiger partial charge in [0.25, 0.3) is 0 Å². The van der Waals surface area contributed by atoms with Crippen molar-refractivity contribution in [1.29, 1.82) is 0 Å². The first kappa shape index (κ1) is 21.8. The van der Waals surface area contributed by atoms with Crippen molar-refractivity contribution in [1.82, 2.24) is 9.97 Å². The molecule has 0 unspecified atom stereocenters. The van der Waals surface area contributed by atoms with Gasteiger partial charge in [0.1, 0.15) is 16.4 Å². The summed E-state index contributed by atoms with van der Waals surface area (Å²) in [5.74, 6) is 5.83. The van der Waals surface area contributed by atoms with E-state index in [4.69, 9.17) is 16.3 Å². The van der Waals surface area contributed by atoms with Crippen LogP contribution in [0.2, 0.25) is 5.15 Å². The number of amides is 2. The van der Waals surface area contributed by atoms with E-state index in [0.29, 0.717) is 22.1 Å². The average molecular weight is 448 g/mol. The fraction of sp³-hybridized carbons (Fsp3) is 0.280. The molecule has 0 bridgehead atoms. The summed E-state index contributed by atoms with van der Waals surface area (Å²) < 4.78 is 5.47. The van der Waals surface area contributed by atoms with Crippen molar-refractivity contribution in [2.45, 2.75) is 45.6 Å². The molecule has 1 aliphatic rings. The Morgan fingerprint density at radius 2 is 1.88 bits per heavy atom. The number of ether oxygens (including phenoxy) is 1. The Hall–Kier alpha value is -3.43. The first-order chi connectivity index (χ1) is 15.0. The number of hydrogen-bond acceptors (Lipinski definition) is 5. The minimum Gasteiger partial charge on any atom is -0.443 e. The summed E-state index contributed by atoms with van der Waals surface area (Å²) in [7, 11) is 0. The van der Waals surface area contributed by atoms with E-state index < -0.39 is 17.1 Å². The maximum absolute atomic E-state index is 13.0. The fourth-order valence-electron chi connectivity index (χ4n) is 3.59. The normalized spacial score (nSPS) is 14.7. The number of carbonyl (C=O) groups excluding carboxylic acids is 2. The van der Waals surface area contributed by atoms with Crippen LogP contribution in [0.1, 0.15) is 51.4 Å². The van der Waals surface area contributed by atoms with Gasteiger partial charge in [-0.3, -0.25) is 4.79 Å². The molecule has 0 saturated heterocycles. The van der Waals surface area contributed by atoms with E-state index in [1.807, 2.05) is 18.2 Å². The quantitative estimate of drug-likeness (QED) is 0.348. The Labute approximate surface area is 191 Å². The second-order valence-electron chi connectivity index (χ2n) is 9.12. The largest absolute Gasteiger partial charge is 0.443 e. The summed E-state index contributed by atoms with van der Waals surface area (Å²) in [4.78, 5) is 35.4. The van der Waals surface area contributed by atoms with Crippen molar-refractivity contribution in [3.8, 4) is 11.8 Å². The molecule has 0 fully saturated rings.